The number of amides is 1. The van der Waals surface area contributed by atoms with E-state index >= 15 is 0 Å². The molecule has 1 aromatic rings. The summed E-state index contributed by atoms with van der Waals surface area (Å²) in [4.78, 5) is 15.3. The van der Waals surface area contributed by atoms with Gasteiger partial charge >= 0.3 is 0 Å². The van der Waals surface area contributed by atoms with Crippen LogP contribution in [0.25, 0.3) is 0 Å². The number of nitrogens with zero attached hydrogens (tertiary/aromatic N) is 3. The second kappa shape index (κ2) is 5.85. The third kappa shape index (κ3) is 3.12. The van der Waals surface area contributed by atoms with Gasteiger partial charge in [0, 0.05) is 33.1 Å². The van der Waals surface area contributed by atoms with E-state index in [0.29, 0.717) is 13.1 Å². The summed E-state index contributed by atoms with van der Waals surface area (Å²) in [7, 11) is 0. The van der Waals surface area contributed by atoms with Gasteiger partial charge in [0.1, 0.15) is 6.04 Å². The lowest BCUT2D eigenvalue weighted by molar-refractivity contribution is -0.130. The van der Waals surface area contributed by atoms with Crippen LogP contribution >= 0.6 is 0 Å². The lowest BCUT2D eigenvalue weighted by atomic mass is 10.0. The van der Waals surface area contributed by atoms with Crippen LogP contribution in [0.2, 0.25) is 0 Å². The van der Waals surface area contributed by atoms with Crippen molar-refractivity contribution in [2.45, 2.75) is 19.9 Å². The summed E-state index contributed by atoms with van der Waals surface area (Å²) in [5, 5.41) is 9.43. The normalized spacial score (nSPS) is 17.8. The summed E-state index contributed by atoms with van der Waals surface area (Å²) in [6, 6.07) is 10.2. The first-order chi connectivity index (χ1) is 9.11. The summed E-state index contributed by atoms with van der Waals surface area (Å²) >= 11 is 0. The zero-order chi connectivity index (χ0) is 13.8. The molecule has 1 aromatic carbocycles. The lowest BCUT2D eigenvalue weighted by Gasteiger charge is -2.36. The molecule has 0 N–H and O–H groups in total. The predicted molar refractivity (Wildman–Crippen MR) is 73.4 cm³/mol. The van der Waals surface area contributed by atoms with Crippen LogP contribution in [-0.4, -0.2) is 41.9 Å². The first kappa shape index (κ1) is 13.6. The van der Waals surface area contributed by atoms with Gasteiger partial charge in [0.05, 0.1) is 6.07 Å². The van der Waals surface area contributed by atoms with Crippen molar-refractivity contribution in [3.8, 4) is 6.07 Å². The smallest absolute Gasteiger partial charge is 0.219 e. The van der Waals surface area contributed by atoms with E-state index in [-0.39, 0.29) is 11.9 Å². The largest absolute Gasteiger partial charge is 0.340 e. The minimum Gasteiger partial charge on any atom is -0.340 e. The zero-order valence-electron chi connectivity index (χ0n) is 11.5. The number of carbonyl (C=O) groups is 1. The highest BCUT2D eigenvalue weighted by Crippen LogP contribution is 2.22. The molecule has 0 aliphatic carbocycles. The van der Waals surface area contributed by atoms with Crippen molar-refractivity contribution >= 4 is 5.91 Å². The highest BCUT2D eigenvalue weighted by Gasteiger charge is 2.25. The first-order valence-electron chi connectivity index (χ1n) is 6.57. The maximum Gasteiger partial charge on any atom is 0.219 e. The Morgan fingerprint density at radius 1 is 1.32 bits per heavy atom. The number of aryl methyl sites for hydroxylation is 1. The SMILES string of the molecule is CC(=O)N1CCN(C(C#N)c2cccc(C)c2)CC1. The summed E-state index contributed by atoms with van der Waals surface area (Å²) in [6.45, 7) is 6.56. The van der Waals surface area contributed by atoms with Gasteiger partial charge in [-0.15, -0.1) is 0 Å². The Morgan fingerprint density at radius 3 is 2.53 bits per heavy atom. The molecule has 4 nitrogen and oxygen atoms in total. The number of piperazine rings is 1. The Balaban J connectivity index is 2.08. The van der Waals surface area contributed by atoms with E-state index in [2.05, 4.69) is 17.0 Å². The number of hydrogen-bond acceptors (Lipinski definition) is 3. The second-order valence-corrected chi connectivity index (χ2v) is 4.99. The van der Waals surface area contributed by atoms with Crippen molar-refractivity contribution in [1.82, 2.24) is 9.80 Å². The summed E-state index contributed by atoms with van der Waals surface area (Å²) in [5.41, 5.74) is 2.21. The van der Waals surface area contributed by atoms with Crippen LogP contribution in [0.3, 0.4) is 0 Å². The maximum absolute atomic E-state index is 11.3. The van der Waals surface area contributed by atoms with Gasteiger partial charge in [0.15, 0.2) is 0 Å². The van der Waals surface area contributed by atoms with Gasteiger partial charge in [0.25, 0.3) is 0 Å². The molecule has 19 heavy (non-hydrogen) atoms. The van der Waals surface area contributed by atoms with Crippen LogP contribution in [0.4, 0.5) is 0 Å². The van der Waals surface area contributed by atoms with Crippen molar-refractivity contribution in [3.63, 3.8) is 0 Å². The number of benzene rings is 1. The van der Waals surface area contributed by atoms with Crippen molar-refractivity contribution in [2.24, 2.45) is 0 Å². The Hall–Kier alpha value is -1.86. The van der Waals surface area contributed by atoms with Crippen LogP contribution < -0.4 is 0 Å². The minimum absolute atomic E-state index is 0.115. The van der Waals surface area contributed by atoms with Gasteiger partial charge in [-0.25, -0.2) is 0 Å². The average Bonchev–Trinajstić information content (AvgIpc) is 2.40. The number of hydrogen-bond donors (Lipinski definition) is 0. The minimum atomic E-state index is -0.214. The van der Waals surface area contributed by atoms with Crippen LogP contribution in [-0.2, 0) is 4.79 Å². The number of nitriles is 1. The van der Waals surface area contributed by atoms with Crippen LogP contribution in [0.5, 0.6) is 0 Å². The van der Waals surface area contributed by atoms with Gasteiger partial charge < -0.3 is 4.90 Å². The molecule has 4 heteroatoms. The average molecular weight is 257 g/mol. The number of rotatable bonds is 2. The monoisotopic (exact) mass is 257 g/mol. The Morgan fingerprint density at radius 2 is 2.00 bits per heavy atom. The second-order valence-electron chi connectivity index (χ2n) is 4.99. The molecular weight excluding hydrogens is 238 g/mol. The molecule has 1 amide bonds. The first-order valence-corrected chi connectivity index (χ1v) is 6.57. The third-order valence-corrected chi connectivity index (χ3v) is 3.60. The van der Waals surface area contributed by atoms with Crippen LogP contribution in [0, 0.1) is 18.3 Å². The Bertz CT molecular complexity index is 498. The maximum atomic E-state index is 11.3. The quantitative estimate of drug-likeness (QED) is 0.810. The number of carbonyl (C=O) groups excluding carboxylic acids is 1. The van der Waals surface area contributed by atoms with Crippen molar-refractivity contribution < 1.29 is 4.79 Å². The molecule has 0 aromatic heterocycles. The molecule has 1 aliphatic heterocycles. The molecule has 2 rings (SSSR count). The van der Waals surface area contributed by atoms with E-state index in [9.17, 15) is 10.1 Å². The molecule has 0 saturated carbocycles. The zero-order valence-corrected chi connectivity index (χ0v) is 11.5. The van der Waals surface area contributed by atoms with Crippen LogP contribution in [0.1, 0.15) is 24.1 Å². The summed E-state index contributed by atoms with van der Waals surface area (Å²) < 4.78 is 0. The highest BCUT2D eigenvalue weighted by atomic mass is 16.2. The lowest BCUT2D eigenvalue weighted by Crippen LogP contribution is -2.48. The van der Waals surface area contributed by atoms with Crippen LogP contribution in [0.15, 0.2) is 24.3 Å². The van der Waals surface area contributed by atoms with E-state index in [1.54, 1.807) is 6.92 Å². The van der Waals surface area contributed by atoms with E-state index < -0.39 is 0 Å². The van der Waals surface area contributed by atoms with Crippen molar-refractivity contribution in [1.29, 1.82) is 5.26 Å². The van der Waals surface area contributed by atoms with Crippen molar-refractivity contribution in [3.05, 3.63) is 35.4 Å². The fourth-order valence-corrected chi connectivity index (χ4v) is 2.50. The Kier molecular flexibility index (Phi) is 4.18. The molecule has 1 atom stereocenters. The van der Waals surface area contributed by atoms with Gasteiger partial charge in [0.2, 0.25) is 5.91 Å². The predicted octanol–water partition coefficient (Wildman–Crippen LogP) is 1.72. The van der Waals surface area contributed by atoms with E-state index in [4.69, 9.17) is 0 Å². The van der Waals surface area contributed by atoms with E-state index in [0.717, 1.165) is 18.7 Å². The molecule has 1 heterocycles. The molecule has 0 radical (unpaired) electrons. The van der Waals surface area contributed by atoms with E-state index in [1.807, 2.05) is 30.0 Å². The molecule has 1 unspecified atom stereocenters. The topological polar surface area (TPSA) is 47.3 Å². The van der Waals surface area contributed by atoms with E-state index in [1.165, 1.54) is 5.56 Å². The summed E-state index contributed by atoms with van der Waals surface area (Å²) in [5.74, 6) is 0.115. The van der Waals surface area contributed by atoms with Gasteiger partial charge in [-0.05, 0) is 12.5 Å². The highest BCUT2D eigenvalue weighted by molar-refractivity contribution is 5.73. The van der Waals surface area contributed by atoms with Gasteiger partial charge in [-0.2, -0.15) is 5.26 Å². The molecule has 0 spiro atoms. The fourth-order valence-electron chi connectivity index (χ4n) is 2.50. The molecule has 0 bridgehead atoms. The fraction of sp³-hybridized carbons (Fsp3) is 0.467. The van der Waals surface area contributed by atoms with Crippen molar-refractivity contribution in [2.75, 3.05) is 26.2 Å². The Labute approximate surface area is 114 Å². The van der Waals surface area contributed by atoms with Gasteiger partial charge in [-0.3, -0.25) is 9.69 Å². The summed E-state index contributed by atoms with van der Waals surface area (Å²) in [6.07, 6.45) is 0. The molecule has 100 valence electrons. The molecule has 1 fully saturated rings. The molecule has 1 aliphatic rings. The molecule has 1 saturated heterocycles. The van der Waals surface area contributed by atoms with Gasteiger partial charge in [-0.1, -0.05) is 29.8 Å². The molecular formula is C15H19N3O. The third-order valence-electron chi connectivity index (χ3n) is 3.60. The standard InChI is InChI=1S/C15H19N3O/c1-12-4-3-5-14(10-12)15(11-16)18-8-6-17(7-9-18)13(2)19/h3-5,10,15H,6-9H2,1-2H3.